The SMILES string of the molecule is COc1cc([18F])c(C[C@H](N=C(c2ccccc2)c2ccccc2)C(=O)OC(C)(C)C)cc1OC. The van der Waals surface area contributed by atoms with Gasteiger partial charge in [-0.2, -0.15) is 0 Å². The van der Waals surface area contributed by atoms with E-state index >= 15 is 0 Å². The maximum atomic E-state index is 15.0. The van der Waals surface area contributed by atoms with Crippen molar-refractivity contribution in [1.82, 2.24) is 0 Å². The van der Waals surface area contributed by atoms with Gasteiger partial charge in [0.1, 0.15) is 11.4 Å². The Kier molecular flexibility index (Phi) is 8.05. The molecule has 0 N–H and O–H groups in total. The van der Waals surface area contributed by atoms with E-state index in [1.54, 1.807) is 20.8 Å². The van der Waals surface area contributed by atoms with Crippen molar-refractivity contribution >= 4 is 11.7 Å². The van der Waals surface area contributed by atoms with Crippen molar-refractivity contribution in [3.63, 3.8) is 0 Å². The Hall–Kier alpha value is -3.67. The normalized spacial score (nSPS) is 11.9. The maximum absolute atomic E-state index is 15.0. The first-order valence-electron chi connectivity index (χ1n) is 11.0. The molecule has 34 heavy (non-hydrogen) atoms. The van der Waals surface area contributed by atoms with E-state index < -0.39 is 23.4 Å². The first kappa shape index (κ1) is 25.0. The first-order valence-corrected chi connectivity index (χ1v) is 11.0. The molecule has 5 nitrogen and oxygen atoms in total. The van der Waals surface area contributed by atoms with Gasteiger partial charge < -0.3 is 14.2 Å². The van der Waals surface area contributed by atoms with E-state index in [1.807, 2.05) is 60.7 Å². The summed E-state index contributed by atoms with van der Waals surface area (Å²) in [6.45, 7) is 5.37. The van der Waals surface area contributed by atoms with Crippen LogP contribution in [-0.2, 0) is 16.0 Å². The number of ether oxygens (including phenoxy) is 3. The zero-order chi connectivity index (χ0) is 24.7. The van der Waals surface area contributed by atoms with Gasteiger partial charge in [-0.3, -0.25) is 4.99 Å². The fraction of sp³-hybridized carbons (Fsp3) is 0.286. The molecule has 0 saturated carbocycles. The Morgan fingerprint density at radius 2 is 1.38 bits per heavy atom. The average Bonchev–Trinajstić information content (AvgIpc) is 2.82. The number of hydrogen-bond acceptors (Lipinski definition) is 5. The summed E-state index contributed by atoms with van der Waals surface area (Å²) in [4.78, 5) is 18.1. The van der Waals surface area contributed by atoms with E-state index in [0.717, 1.165) is 11.1 Å². The number of rotatable bonds is 8. The molecule has 3 aromatic rings. The third kappa shape index (κ3) is 6.44. The fourth-order valence-electron chi connectivity index (χ4n) is 3.48. The van der Waals surface area contributed by atoms with Gasteiger partial charge >= 0.3 is 5.97 Å². The average molecular weight is 463 g/mol. The molecule has 0 aliphatic heterocycles. The number of benzene rings is 3. The molecule has 0 aliphatic carbocycles. The van der Waals surface area contributed by atoms with Gasteiger partial charge in [0.2, 0.25) is 0 Å². The number of nitrogens with zero attached hydrogens (tertiary/aromatic N) is 1. The number of methoxy groups -OCH3 is 2. The van der Waals surface area contributed by atoms with Crippen LogP contribution in [0.1, 0.15) is 37.5 Å². The predicted molar refractivity (Wildman–Crippen MR) is 131 cm³/mol. The van der Waals surface area contributed by atoms with Gasteiger partial charge in [-0.25, -0.2) is 9.18 Å². The Bertz CT molecular complexity index is 1100. The molecule has 0 spiro atoms. The summed E-state index contributed by atoms with van der Waals surface area (Å²) in [5.74, 6) is -0.402. The van der Waals surface area contributed by atoms with Crippen LogP contribution >= 0.6 is 0 Å². The summed E-state index contributed by atoms with van der Waals surface area (Å²) in [6.07, 6.45) is -0.00965. The van der Waals surface area contributed by atoms with Gasteiger partial charge in [-0.05, 0) is 32.4 Å². The molecule has 0 unspecified atom stereocenters. The molecule has 6 heteroatoms. The van der Waals surface area contributed by atoms with Gasteiger partial charge in [0.15, 0.2) is 17.5 Å². The largest absolute Gasteiger partial charge is 0.493 e. The molecule has 0 radical (unpaired) electrons. The molecule has 3 rings (SSSR count). The highest BCUT2D eigenvalue weighted by Gasteiger charge is 2.28. The zero-order valence-electron chi connectivity index (χ0n) is 20.2. The predicted octanol–water partition coefficient (Wildman–Crippen LogP) is 5.63. The molecule has 0 amide bonds. The van der Waals surface area contributed by atoms with Crippen LogP contribution in [0, 0.1) is 5.82 Å². The van der Waals surface area contributed by atoms with Crippen molar-refractivity contribution in [3.05, 3.63) is 95.3 Å². The molecule has 3 aromatic carbocycles. The van der Waals surface area contributed by atoms with E-state index in [1.165, 1.54) is 26.4 Å². The quantitative estimate of drug-likeness (QED) is 0.321. The van der Waals surface area contributed by atoms with Gasteiger partial charge in [0.25, 0.3) is 0 Å². The van der Waals surface area contributed by atoms with Crippen molar-refractivity contribution < 1.29 is 23.4 Å². The number of aliphatic imine (C=N–C) groups is 1. The van der Waals surface area contributed by atoms with Crippen LogP contribution in [0.3, 0.4) is 0 Å². The lowest BCUT2D eigenvalue weighted by atomic mass is 10.00. The van der Waals surface area contributed by atoms with Crippen LogP contribution in [0.25, 0.3) is 0 Å². The van der Waals surface area contributed by atoms with Crippen LogP contribution in [-0.4, -0.2) is 37.5 Å². The van der Waals surface area contributed by atoms with Crippen molar-refractivity contribution in [3.8, 4) is 11.5 Å². The third-order valence-corrected chi connectivity index (χ3v) is 5.02. The molecule has 0 saturated heterocycles. The molecule has 0 bridgehead atoms. The number of esters is 1. The molecule has 0 fully saturated rings. The second kappa shape index (κ2) is 11.0. The zero-order valence-corrected chi connectivity index (χ0v) is 20.2. The van der Waals surface area contributed by atoms with Crippen LogP contribution in [0.4, 0.5) is 4.39 Å². The lowest BCUT2D eigenvalue weighted by Crippen LogP contribution is -2.33. The highest BCUT2D eigenvalue weighted by molar-refractivity contribution is 6.13. The highest BCUT2D eigenvalue weighted by Crippen LogP contribution is 2.31. The molecule has 0 aromatic heterocycles. The Morgan fingerprint density at radius 1 is 0.882 bits per heavy atom. The number of hydrogen-bond donors (Lipinski definition) is 0. The molecule has 1 atom stereocenters. The maximum Gasteiger partial charge on any atom is 0.331 e. The highest BCUT2D eigenvalue weighted by atomic mass is 18.2. The number of carbonyl (C=O) groups excluding carboxylic acids is 1. The van der Waals surface area contributed by atoms with Crippen LogP contribution in [0.2, 0.25) is 0 Å². The van der Waals surface area contributed by atoms with Crippen molar-refractivity contribution in [2.75, 3.05) is 14.2 Å². The standard InChI is InChI=1S/C28H30FNO4/c1-28(2,3)34-27(31)23(16-21-17-24(32-4)25(33-5)18-22(21)29)30-26(19-12-8-6-9-13-19)20-14-10-7-11-15-20/h6-15,17-18,23H,16H2,1-5H3/t23-/m0/s1/i29-1. The summed E-state index contributed by atoms with van der Waals surface area (Å²) in [5, 5.41) is 0. The van der Waals surface area contributed by atoms with Crippen molar-refractivity contribution in [2.24, 2.45) is 4.99 Å². The second-order valence-electron chi connectivity index (χ2n) is 8.76. The van der Waals surface area contributed by atoms with Gasteiger partial charge in [-0.15, -0.1) is 0 Å². The summed E-state index contributed by atoms with van der Waals surface area (Å²) in [5.41, 5.74) is 1.86. The molecule has 178 valence electrons. The molecular formula is C28H30FNO4. The number of halogens is 1. The van der Waals surface area contributed by atoms with Gasteiger partial charge in [0.05, 0.1) is 19.9 Å². The first-order chi connectivity index (χ1) is 16.2. The van der Waals surface area contributed by atoms with Crippen LogP contribution in [0.15, 0.2) is 77.8 Å². The summed E-state index contributed by atoms with van der Waals surface area (Å²) < 4.78 is 31.1. The second-order valence-corrected chi connectivity index (χ2v) is 8.76. The summed E-state index contributed by atoms with van der Waals surface area (Å²) in [7, 11) is 2.92. The van der Waals surface area contributed by atoms with E-state index in [-0.39, 0.29) is 17.7 Å². The minimum Gasteiger partial charge on any atom is -0.493 e. The minimum absolute atomic E-state index is 0.00965. The topological polar surface area (TPSA) is 57.1 Å². The van der Waals surface area contributed by atoms with Crippen LogP contribution in [0.5, 0.6) is 11.5 Å². The van der Waals surface area contributed by atoms with E-state index in [2.05, 4.69) is 0 Å². The summed E-state index contributed by atoms with van der Waals surface area (Å²) in [6, 6.07) is 21.0. The van der Waals surface area contributed by atoms with Crippen molar-refractivity contribution in [2.45, 2.75) is 38.8 Å². The Labute approximate surface area is 200 Å². The minimum atomic E-state index is -0.984. The third-order valence-electron chi connectivity index (χ3n) is 5.02. The number of carbonyl (C=O) groups is 1. The van der Waals surface area contributed by atoms with E-state index in [9.17, 15) is 9.18 Å². The lowest BCUT2D eigenvalue weighted by Gasteiger charge is -2.23. The molecular weight excluding hydrogens is 432 g/mol. The molecule has 0 aliphatic rings. The molecule has 0 heterocycles. The van der Waals surface area contributed by atoms with Gasteiger partial charge in [0, 0.05) is 23.6 Å². The monoisotopic (exact) mass is 462 g/mol. The Morgan fingerprint density at radius 3 is 1.85 bits per heavy atom. The van der Waals surface area contributed by atoms with E-state index in [4.69, 9.17) is 19.2 Å². The Balaban J connectivity index is 2.12. The summed E-state index contributed by atoms with van der Waals surface area (Å²) >= 11 is 0. The van der Waals surface area contributed by atoms with Crippen molar-refractivity contribution in [1.29, 1.82) is 0 Å². The fourth-order valence-corrected chi connectivity index (χ4v) is 3.48. The smallest absolute Gasteiger partial charge is 0.331 e. The van der Waals surface area contributed by atoms with Gasteiger partial charge in [-0.1, -0.05) is 60.7 Å². The lowest BCUT2D eigenvalue weighted by molar-refractivity contribution is -0.156. The van der Waals surface area contributed by atoms with E-state index in [0.29, 0.717) is 11.5 Å². The van der Waals surface area contributed by atoms with Crippen LogP contribution < -0.4 is 9.47 Å².